The fourth-order valence-corrected chi connectivity index (χ4v) is 2.68. The molecule has 0 aliphatic heterocycles. The number of hydrogen-bond acceptors (Lipinski definition) is 4. The molecule has 0 saturated heterocycles. The van der Waals surface area contributed by atoms with Crippen molar-refractivity contribution in [1.82, 2.24) is 0 Å². The van der Waals surface area contributed by atoms with E-state index in [1.54, 1.807) is 18.0 Å². The largest absolute Gasteiger partial charge is 0.468 e. The highest BCUT2D eigenvalue weighted by Crippen LogP contribution is 2.28. The summed E-state index contributed by atoms with van der Waals surface area (Å²) in [4.78, 5) is 0. The Bertz CT molecular complexity index is 292. The van der Waals surface area contributed by atoms with Gasteiger partial charge in [0.1, 0.15) is 5.76 Å². The van der Waals surface area contributed by atoms with Gasteiger partial charge in [0.25, 0.3) is 0 Å². The fourth-order valence-electron chi connectivity index (χ4n) is 1.41. The third kappa shape index (κ3) is 3.85. The van der Waals surface area contributed by atoms with Gasteiger partial charge in [0, 0.05) is 11.3 Å². The topological polar surface area (TPSA) is 59.4 Å². The minimum Gasteiger partial charge on any atom is -0.468 e. The van der Waals surface area contributed by atoms with E-state index in [4.69, 9.17) is 10.2 Å². The molecule has 0 saturated carbocycles. The summed E-state index contributed by atoms with van der Waals surface area (Å²) in [6.45, 7) is 6.37. The predicted molar refractivity (Wildman–Crippen MR) is 68.3 cm³/mol. The zero-order chi connectivity index (χ0) is 12.2. The van der Waals surface area contributed by atoms with E-state index >= 15 is 0 Å². The Balaban J connectivity index is 2.49. The van der Waals surface area contributed by atoms with Crippen LogP contribution in [-0.4, -0.2) is 23.0 Å². The first kappa shape index (κ1) is 13.6. The molecule has 2 atom stereocenters. The highest BCUT2D eigenvalue weighted by atomic mass is 32.2. The van der Waals surface area contributed by atoms with Crippen LogP contribution in [0.1, 0.15) is 26.5 Å². The molecule has 0 bridgehead atoms. The van der Waals surface area contributed by atoms with Crippen molar-refractivity contribution in [2.45, 2.75) is 37.8 Å². The minimum atomic E-state index is -0.0301. The molecule has 3 nitrogen and oxygen atoms in total. The Morgan fingerprint density at radius 1 is 1.50 bits per heavy atom. The lowest BCUT2D eigenvalue weighted by Gasteiger charge is -2.32. The third-order valence-corrected chi connectivity index (χ3v) is 3.92. The fraction of sp³-hybridized carbons (Fsp3) is 0.667. The molecule has 0 aliphatic carbocycles. The van der Waals surface area contributed by atoms with Crippen LogP contribution < -0.4 is 5.73 Å². The SMILES string of the molecule is CC(C)(C)C(N)C(CO)SCc1ccco1. The normalized spacial score (nSPS) is 16.1. The summed E-state index contributed by atoms with van der Waals surface area (Å²) in [5, 5.41) is 9.40. The van der Waals surface area contributed by atoms with E-state index in [1.807, 2.05) is 12.1 Å². The number of aliphatic hydroxyl groups is 1. The summed E-state index contributed by atoms with van der Waals surface area (Å²) in [5.74, 6) is 1.67. The Labute approximate surface area is 101 Å². The molecule has 2 unspecified atom stereocenters. The van der Waals surface area contributed by atoms with Gasteiger partial charge in [-0.05, 0) is 17.5 Å². The average Bonchev–Trinajstić information content (AvgIpc) is 2.69. The molecule has 4 heteroatoms. The van der Waals surface area contributed by atoms with E-state index in [2.05, 4.69) is 20.8 Å². The zero-order valence-corrected chi connectivity index (χ0v) is 11.0. The first-order valence-corrected chi connectivity index (χ1v) is 6.50. The molecule has 16 heavy (non-hydrogen) atoms. The summed E-state index contributed by atoms with van der Waals surface area (Å²) < 4.78 is 5.25. The molecule has 92 valence electrons. The highest BCUT2D eigenvalue weighted by Gasteiger charge is 2.28. The van der Waals surface area contributed by atoms with Crippen molar-refractivity contribution in [3.63, 3.8) is 0 Å². The van der Waals surface area contributed by atoms with Crippen LogP contribution >= 0.6 is 11.8 Å². The lowest BCUT2D eigenvalue weighted by molar-refractivity contribution is 0.233. The zero-order valence-electron chi connectivity index (χ0n) is 10.1. The van der Waals surface area contributed by atoms with Crippen molar-refractivity contribution >= 4 is 11.8 Å². The second-order valence-electron chi connectivity index (χ2n) is 5.00. The average molecular weight is 243 g/mol. The van der Waals surface area contributed by atoms with Crippen LogP contribution in [0.2, 0.25) is 0 Å². The van der Waals surface area contributed by atoms with E-state index in [0.717, 1.165) is 11.5 Å². The monoisotopic (exact) mass is 243 g/mol. The first-order valence-electron chi connectivity index (χ1n) is 5.45. The molecule has 3 N–H and O–H groups in total. The lowest BCUT2D eigenvalue weighted by Crippen LogP contribution is -2.45. The van der Waals surface area contributed by atoms with Crippen molar-refractivity contribution < 1.29 is 9.52 Å². The number of nitrogens with two attached hydrogens (primary N) is 1. The molecule has 0 aliphatic rings. The molecule has 0 radical (unpaired) electrons. The van der Waals surface area contributed by atoms with Crippen LogP contribution in [0.4, 0.5) is 0 Å². The van der Waals surface area contributed by atoms with Gasteiger partial charge >= 0.3 is 0 Å². The molecule has 1 rings (SSSR count). The summed E-state index contributed by atoms with van der Waals surface area (Å²) in [6.07, 6.45) is 1.66. The standard InChI is InChI=1S/C12H21NO2S/c1-12(2,3)11(13)10(7-14)16-8-9-5-4-6-15-9/h4-6,10-11,14H,7-8,13H2,1-3H3. The van der Waals surface area contributed by atoms with Gasteiger partial charge in [0.2, 0.25) is 0 Å². The number of furan rings is 1. The van der Waals surface area contributed by atoms with E-state index < -0.39 is 0 Å². The quantitative estimate of drug-likeness (QED) is 0.832. The lowest BCUT2D eigenvalue weighted by atomic mass is 9.85. The van der Waals surface area contributed by atoms with E-state index in [0.29, 0.717) is 0 Å². The van der Waals surface area contributed by atoms with E-state index in [-0.39, 0.29) is 23.3 Å². The number of rotatable bonds is 5. The number of thioether (sulfide) groups is 1. The molecule has 1 aromatic rings. The number of aliphatic hydroxyl groups excluding tert-OH is 1. The van der Waals surface area contributed by atoms with Crippen LogP contribution in [0, 0.1) is 5.41 Å². The van der Waals surface area contributed by atoms with Gasteiger partial charge in [-0.1, -0.05) is 20.8 Å². The summed E-state index contributed by atoms with van der Waals surface area (Å²) in [5.41, 5.74) is 6.14. The van der Waals surface area contributed by atoms with Crippen molar-refractivity contribution in [3.8, 4) is 0 Å². The molecule has 0 spiro atoms. The highest BCUT2D eigenvalue weighted by molar-refractivity contribution is 7.99. The minimum absolute atomic E-state index is 0.00353. The Kier molecular flexibility index (Phi) is 4.89. The predicted octanol–water partition coefficient (Wildman–Crippen LogP) is 2.25. The summed E-state index contributed by atoms with van der Waals surface area (Å²) in [6, 6.07) is 3.77. The van der Waals surface area contributed by atoms with E-state index in [9.17, 15) is 5.11 Å². The van der Waals surface area contributed by atoms with Crippen molar-refractivity contribution in [3.05, 3.63) is 24.2 Å². The Hall–Kier alpha value is -0.450. The van der Waals surface area contributed by atoms with Crippen LogP contribution in [0.15, 0.2) is 22.8 Å². The van der Waals surface area contributed by atoms with Gasteiger partial charge in [0.15, 0.2) is 0 Å². The molecule has 0 aromatic carbocycles. The number of hydrogen-bond donors (Lipinski definition) is 2. The van der Waals surface area contributed by atoms with Crippen LogP contribution in [0.5, 0.6) is 0 Å². The van der Waals surface area contributed by atoms with Crippen molar-refractivity contribution in [2.24, 2.45) is 11.1 Å². The molecular weight excluding hydrogens is 222 g/mol. The van der Waals surface area contributed by atoms with Gasteiger partial charge in [0.05, 0.1) is 18.6 Å². The van der Waals surface area contributed by atoms with Crippen LogP contribution in [0.3, 0.4) is 0 Å². The smallest absolute Gasteiger partial charge is 0.113 e. The molecule has 0 fully saturated rings. The summed E-state index contributed by atoms with van der Waals surface area (Å²) >= 11 is 1.65. The first-order chi connectivity index (χ1) is 7.45. The van der Waals surface area contributed by atoms with Crippen molar-refractivity contribution in [1.29, 1.82) is 0 Å². The molecule has 1 aromatic heterocycles. The third-order valence-electron chi connectivity index (χ3n) is 2.60. The maximum absolute atomic E-state index is 9.36. The van der Waals surface area contributed by atoms with Gasteiger partial charge in [-0.25, -0.2) is 0 Å². The van der Waals surface area contributed by atoms with Gasteiger partial charge in [-0.15, -0.1) is 11.8 Å². The van der Waals surface area contributed by atoms with Gasteiger partial charge in [-0.2, -0.15) is 0 Å². The van der Waals surface area contributed by atoms with Crippen LogP contribution in [-0.2, 0) is 5.75 Å². The Morgan fingerprint density at radius 3 is 2.62 bits per heavy atom. The van der Waals surface area contributed by atoms with Crippen LogP contribution in [0.25, 0.3) is 0 Å². The molecular formula is C12H21NO2S. The molecule has 0 amide bonds. The Morgan fingerprint density at radius 2 is 2.19 bits per heavy atom. The second-order valence-corrected chi connectivity index (χ2v) is 6.23. The maximum Gasteiger partial charge on any atom is 0.113 e. The van der Waals surface area contributed by atoms with E-state index in [1.165, 1.54) is 0 Å². The maximum atomic E-state index is 9.36. The summed E-state index contributed by atoms with van der Waals surface area (Å²) in [7, 11) is 0. The van der Waals surface area contributed by atoms with Gasteiger partial charge < -0.3 is 15.3 Å². The van der Waals surface area contributed by atoms with Gasteiger partial charge in [-0.3, -0.25) is 0 Å². The molecule has 1 heterocycles. The second kappa shape index (κ2) is 5.75. The van der Waals surface area contributed by atoms with Crippen molar-refractivity contribution in [2.75, 3.05) is 6.61 Å².